The van der Waals surface area contributed by atoms with Crippen LogP contribution in [-0.2, 0) is 11.3 Å². The molecule has 0 spiro atoms. The molecule has 1 heterocycles. The van der Waals surface area contributed by atoms with Crippen LogP contribution in [0, 0.1) is 5.82 Å². The number of aromatic nitrogens is 1. The van der Waals surface area contributed by atoms with Gasteiger partial charge < -0.3 is 9.88 Å². The summed E-state index contributed by atoms with van der Waals surface area (Å²) < 4.78 is 50.4. The predicted molar refractivity (Wildman–Crippen MR) is 74.9 cm³/mol. The van der Waals surface area contributed by atoms with E-state index >= 15 is 0 Å². The first kappa shape index (κ1) is 16.5. The van der Waals surface area contributed by atoms with Crippen LogP contribution < -0.4 is 10.9 Å². The fraction of sp³-hybridized carbons (Fsp3) is 0.231. The largest absolute Gasteiger partial charge is 0.405 e. The lowest BCUT2D eigenvalue weighted by atomic mass is 10.1. The van der Waals surface area contributed by atoms with Crippen molar-refractivity contribution in [2.75, 3.05) is 6.54 Å². The van der Waals surface area contributed by atoms with Crippen molar-refractivity contribution < 1.29 is 22.4 Å². The van der Waals surface area contributed by atoms with Crippen molar-refractivity contribution in [3.63, 3.8) is 0 Å². The Kier molecular flexibility index (Phi) is 4.55. The highest BCUT2D eigenvalue weighted by molar-refractivity contribution is 9.10. The third kappa shape index (κ3) is 3.85. The topological polar surface area (TPSA) is 51.1 Å². The average molecular weight is 381 g/mol. The Morgan fingerprint density at radius 1 is 1.32 bits per heavy atom. The molecule has 0 bridgehead atoms. The van der Waals surface area contributed by atoms with Crippen LogP contribution >= 0.6 is 15.9 Å². The summed E-state index contributed by atoms with van der Waals surface area (Å²) in [6.07, 6.45) is -3.30. The number of amides is 1. The number of alkyl halides is 3. The number of nitrogens with zero attached hydrogens (tertiary/aromatic N) is 1. The van der Waals surface area contributed by atoms with Crippen LogP contribution in [0.15, 0.2) is 33.7 Å². The average Bonchev–Trinajstić information content (AvgIpc) is 2.38. The fourth-order valence-electron chi connectivity index (χ4n) is 1.87. The number of carbonyl (C=O) groups excluding carboxylic acids is 1. The van der Waals surface area contributed by atoms with E-state index in [-0.39, 0.29) is 9.86 Å². The maximum atomic E-state index is 13.2. The molecule has 2 aromatic rings. The van der Waals surface area contributed by atoms with E-state index in [2.05, 4.69) is 15.9 Å². The zero-order valence-corrected chi connectivity index (χ0v) is 12.5. The highest BCUT2D eigenvalue weighted by Gasteiger charge is 2.27. The van der Waals surface area contributed by atoms with Crippen molar-refractivity contribution >= 4 is 32.6 Å². The minimum absolute atomic E-state index is 0.146. The molecule has 4 nitrogen and oxygen atoms in total. The Balaban J connectivity index is 2.28. The van der Waals surface area contributed by atoms with Gasteiger partial charge >= 0.3 is 6.18 Å². The summed E-state index contributed by atoms with van der Waals surface area (Å²) >= 11 is 3.05. The van der Waals surface area contributed by atoms with E-state index in [1.54, 1.807) is 5.32 Å². The standard InChI is InChI=1S/C13H9BrF4N2O2/c14-9-4-8(15)3-7-1-2-20(12(22)11(7)9)5-10(21)19-6-13(16,17)18/h1-4H,5-6H2,(H,19,21). The van der Waals surface area contributed by atoms with Gasteiger partial charge in [-0.15, -0.1) is 0 Å². The lowest BCUT2D eigenvalue weighted by Gasteiger charge is -2.10. The summed E-state index contributed by atoms with van der Waals surface area (Å²) in [5.74, 6) is -1.49. The number of rotatable bonds is 3. The summed E-state index contributed by atoms with van der Waals surface area (Å²) in [7, 11) is 0. The molecule has 2 rings (SSSR count). The molecule has 1 aromatic heterocycles. The molecule has 0 unspecified atom stereocenters. The molecule has 1 N–H and O–H groups in total. The maximum absolute atomic E-state index is 13.2. The molecular formula is C13H9BrF4N2O2. The van der Waals surface area contributed by atoms with E-state index in [1.807, 2.05) is 0 Å². The quantitative estimate of drug-likeness (QED) is 0.832. The van der Waals surface area contributed by atoms with E-state index in [9.17, 15) is 27.2 Å². The molecule has 118 valence electrons. The number of fused-ring (bicyclic) bond motifs is 1. The van der Waals surface area contributed by atoms with Crippen molar-refractivity contribution in [2.45, 2.75) is 12.7 Å². The van der Waals surface area contributed by atoms with Crippen molar-refractivity contribution in [3.8, 4) is 0 Å². The molecule has 0 aliphatic rings. The summed E-state index contributed by atoms with van der Waals surface area (Å²) in [4.78, 5) is 23.6. The minimum Gasteiger partial charge on any atom is -0.345 e. The molecule has 22 heavy (non-hydrogen) atoms. The monoisotopic (exact) mass is 380 g/mol. The Bertz CT molecular complexity index is 786. The van der Waals surface area contributed by atoms with Crippen LogP contribution in [0.2, 0.25) is 0 Å². The number of carbonyl (C=O) groups is 1. The fourth-order valence-corrected chi connectivity index (χ4v) is 2.48. The van der Waals surface area contributed by atoms with Gasteiger partial charge in [0.1, 0.15) is 18.9 Å². The smallest absolute Gasteiger partial charge is 0.345 e. The number of hydrogen-bond donors (Lipinski definition) is 1. The van der Waals surface area contributed by atoms with Gasteiger partial charge in [0.15, 0.2) is 0 Å². The summed E-state index contributed by atoms with van der Waals surface area (Å²) in [5, 5.41) is 2.14. The number of hydrogen-bond acceptors (Lipinski definition) is 2. The predicted octanol–water partition coefficient (Wildman–Crippen LogP) is 2.58. The summed E-state index contributed by atoms with van der Waals surface area (Å²) in [5.41, 5.74) is -0.605. The Hall–Kier alpha value is -1.90. The van der Waals surface area contributed by atoms with Gasteiger partial charge in [0.25, 0.3) is 5.56 Å². The molecule has 0 saturated heterocycles. The van der Waals surface area contributed by atoms with Gasteiger partial charge in [-0.2, -0.15) is 13.2 Å². The molecular weight excluding hydrogens is 372 g/mol. The second-order valence-electron chi connectivity index (χ2n) is 4.49. The van der Waals surface area contributed by atoms with Crippen molar-refractivity contribution in [1.29, 1.82) is 0 Å². The zero-order chi connectivity index (χ0) is 16.5. The van der Waals surface area contributed by atoms with Crippen molar-refractivity contribution in [2.24, 2.45) is 0 Å². The molecule has 1 amide bonds. The first-order valence-corrected chi connectivity index (χ1v) is 6.78. The maximum Gasteiger partial charge on any atom is 0.405 e. The van der Waals surface area contributed by atoms with Crippen LogP contribution in [0.4, 0.5) is 17.6 Å². The highest BCUT2D eigenvalue weighted by atomic mass is 79.9. The first-order chi connectivity index (χ1) is 10.2. The Morgan fingerprint density at radius 2 is 2.00 bits per heavy atom. The number of nitrogens with one attached hydrogen (secondary N) is 1. The first-order valence-electron chi connectivity index (χ1n) is 5.99. The van der Waals surface area contributed by atoms with Crippen LogP contribution in [-0.4, -0.2) is 23.2 Å². The third-order valence-corrected chi connectivity index (χ3v) is 3.42. The molecule has 9 heteroatoms. The van der Waals surface area contributed by atoms with Gasteiger partial charge in [0.2, 0.25) is 5.91 Å². The molecule has 0 aliphatic carbocycles. The molecule has 1 aromatic carbocycles. The van der Waals surface area contributed by atoms with Gasteiger partial charge in [-0.25, -0.2) is 4.39 Å². The molecule has 0 fully saturated rings. The minimum atomic E-state index is -4.52. The van der Waals surface area contributed by atoms with Crippen LogP contribution in [0.5, 0.6) is 0 Å². The van der Waals surface area contributed by atoms with E-state index < -0.39 is 36.5 Å². The SMILES string of the molecule is O=C(Cn1ccc2cc(F)cc(Br)c2c1=O)NCC(F)(F)F. The van der Waals surface area contributed by atoms with Crippen molar-refractivity contribution in [3.05, 3.63) is 45.0 Å². The Labute approximate surface area is 129 Å². The van der Waals surface area contributed by atoms with Gasteiger partial charge in [0, 0.05) is 10.7 Å². The van der Waals surface area contributed by atoms with Gasteiger partial charge in [0.05, 0.1) is 5.39 Å². The lowest BCUT2D eigenvalue weighted by molar-refractivity contribution is -0.138. The van der Waals surface area contributed by atoms with Crippen LogP contribution in [0.25, 0.3) is 10.8 Å². The molecule has 0 radical (unpaired) electrons. The van der Waals surface area contributed by atoms with Crippen LogP contribution in [0.3, 0.4) is 0 Å². The second-order valence-corrected chi connectivity index (χ2v) is 5.35. The highest BCUT2D eigenvalue weighted by Crippen LogP contribution is 2.22. The van der Waals surface area contributed by atoms with Gasteiger partial charge in [-0.3, -0.25) is 9.59 Å². The van der Waals surface area contributed by atoms with Crippen LogP contribution in [0.1, 0.15) is 0 Å². The third-order valence-electron chi connectivity index (χ3n) is 2.79. The lowest BCUT2D eigenvalue weighted by Crippen LogP contribution is -2.37. The van der Waals surface area contributed by atoms with E-state index in [0.29, 0.717) is 5.39 Å². The number of benzene rings is 1. The summed E-state index contributed by atoms with van der Waals surface area (Å²) in [6.45, 7) is -2.03. The van der Waals surface area contributed by atoms with E-state index in [4.69, 9.17) is 0 Å². The second kappa shape index (κ2) is 6.07. The van der Waals surface area contributed by atoms with Gasteiger partial charge in [-0.1, -0.05) is 0 Å². The number of halogens is 5. The molecule has 0 aliphatic heterocycles. The molecule has 0 atom stereocenters. The Morgan fingerprint density at radius 3 is 2.64 bits per heavy atom. The van der Waals surface area contributed by atoms with E-state index in [0.717, 1.165) is 16.7 Å². The molecule has 0 saturated carbocycles. The van der Waals surface area contributed by atoms with Crippen molar-refractivity contribution in [1.82, 2.24) is 9.88 Å². The zero-order valence-electron chi connectivity index (χ0n) is 10.9. The normalized spacial score (nSPS) is 11.7. The van der Waals surface area contributed by atoms with E-state index in [1.165, 1.54) is 12.3 Å². The number of pyridine rings is 1. The van der Waals surface area contributed by atoms with Gasteiger partial charge in [-0.05, 0) is 39.5 Å². The summed E-state index contributed by atoms with van der Waals surface area (Å²) in [6, 6.07) is 3.65.